The van der Waals surface area contributed by atoms with Gasteiger partial charge in [-0.3, -0.25) is 9.79 Å². The average Bonchev–Trinajstić information content (AvgIpc) is 2.65. The van der Waals surface area contributed by atoms with Crippen LogP contribution in [0, 0.1) is 18.6 Å². The molecular weight excluding hydrogens is 477 g/mol. The van der Waals surface area contributed by atoms with E-state index in [-0.39, 0.29) is 35.4 Å². The number of carbonyl (C=O) groups excluding carboxylic acids is 1. The van der Waals surface area contributed by atoms with Gasteiger partial charge in [-0.05, 0) is 48.7 Å². The molecule has 0 bridgehead atoms. The number of carbonyl (C=O) groups is 1. The number of aliphatic imine (C=N–C) groups is 1. The zero-order valence-corrected chi connectivity index (χ0v) is 18.2. The average molecular weight is 502 g/mol. The summed E-state index contributed by atoms with van der Waals surface area (Å²) >= 11 is 0. The lowest BCUT2D eigenvalue weighted by atomic mass is 10.1. The van der Waals surface area contributed by atoms with Crippen LogP contribution in [0.4, 0.5) is 8.78 Å². The molecule has 152 valence electrons. The van der Waals surface area contributed by atoms with Crippen molar-refractivity contribution in [2.75, 3.05) is 26.7 Å². The first kappa shape index (κ1) is 23.8. The SMILES string of the molecule is CN=C(NCCNC(=O)c1ccccc1F)NCCc1ccc(F)cc1C.I. The fraction of sp³-hybridized carbons (Fsp3) is 0.300. The molecule has 0 heterocycles. The number of nitrogens with zero attached hydrogens (tertiary/aromatic N) is 1. The lowest BCUT2D eigenvalue weighted by Crippen LogP contribution is -2.42. The summed E-state index contributed by atoms with van der Waals surface area (Å²) in [7, 11) is 1.65. The van der Waals surface area contributed by atoms with Crippen molar-refractivity contribution < 1.29 is 13.6 Å². The zero-order valence-electron chi connectivity index (χ0n) is 15.9. The molecule has 2 aromatic rings. The molecule has 0 aliphatic heterocycles. The second kappa shape index (κ2) is 12.3. The minimum atomic E-state index is -0.545. The minimum absolute atomic E-state index is 0. The van der Waals surface area contributed by atoms with Gasteiger partial charge in [-0.15, -0.1) is 24.0 Å². The molecule has 0 fully saturated rings. The molecule has 2 rings (SSSR count). The Balaban J connectivity index is 0.00000392. The number of hydrogen-bond acceptors (Lipinski definition) is 2. The molecule has 0 saturated carbocycles. The Morgan fingerprint density at radius 2 is 1.68 bits per heavy atom. The lowest BCUT2D eigenvalue weighted by molar-refractivity contribution is 0.0950. The van der Waals surface area contributed by atoms with Gasteiger partial charge in [-0.1, -0.05) is 18.2 Å². The molecule has 0 aliphatic carbocycles. The number of hydrogen-bond donors (Lipinski definition) is 3. The highest BCUT2D eigenvalue weighted by molar-refractivity contribution is 14.0. The first-order chi connectivity index (χ1) is 13.0. The van der Waals surface area contributed by atoms with Gasteiger partial charge in [-0.25, -0.2) is 8.78 Å². The zero-order chi connectivity index (χ0) is 19.6. The Bertz CT molecular complexity index is 815. The van der Waals surface area contributed by atoms with Gasteiger partial charge in [0.25, 0.3) is 5.91 Å². The molecule has 0 spiro atoms. The van der Waals surface area contributed by atoms with Crippen molar-refractivity contribution in [3.8, 4) is 0 Å². The van der Waals surface area contributed by atoms with Crippen molar-refractivity contribution in [3.05, 3.63) is 70.8 Å². The number of halogens is 3. The fourth-order valence-electron chi connectivity index (χ4n) is 2.57. The summed E-state index contributed by atoms with van der Waals surface area (Å²) < 4.78 is 26.7. The second-order valence-electron chi connectivity index (χ2n) is 5.98. The van der Waals surface area contributed by atoms with Crippen molar-refractivity contribution in [2.24, 2.45) is 4.99 Å². The molecule has 0 atom stereocenters. The van der Waals surface area contributed by atoms with E-state index in [2.05, 4.69) is 20.9 Å². The van der Waals surface area contributed by atoms with E-state index in [9.17, 15) is 13.6 Å². The van der Waals surface area contributed by atoms with Crippen LogP contribution in [0.2, 0.25) is 0 Å². The quantitative estimate of drug-likeness (QED) is 0.236. The Kier molecular flexibility index (Phi) is 10.4. The Morgan fingerprint density at radius 1 is 1.00 bits per heavy atom. The molecule has 8 heteroatoms. The molecule has 5 nitrogen and oxygen atoms in total. The van der Waals surface area contributed by atoms with E-state index in [1.165, 1.54) is 30.3 Å². The first-order valence-corrected chi connectivity index (χ1v) is 8.73. The van der Waals surface area contributed by atoms with E-state index in [4.69, 9.17) is 0 Å². The van der Waals surface area contributed by atoms with Crippen LogP contribution in [0.5, 0.6) is 0 Å². The normalized spacial score (nSPS) is 10.8. The predicted octanol–water partition coefficient (Wildman–Crippen LogP) is 3.03. The van der Waals surface area contributed by atoms with Crippen molar-refractivity contribution in [2.45, 2.75) is 13.3 Å². The van der Waals surface area contributed by atoms with Crippen molar-refractivity contribution in [1.82, 2.24) is 16.0 Å². The maximum absolute atomic E-state index is 13.5. The van der Waals surface area contributed by atoms with Crippen LogP contribution in [0.3, 0.4) is 0 Å². The van der Waals surface area contributed by atoms with Gasteiger partial charge in [0.05, 0.1) is 5.56 Å². The Morgan fingerprint density at radius 3 is 2.36 bits per heavy atom. The molecule has 3 N–H and O–H groups in total. The molecule has 0 aliphatic rings. The van der Waals surface area contributed by atoms with Gasteiger partial charge >= 0.3 is 0 Å². The van der Waals surface area contributed by atoms with E-state index in [1.54, 1.807) is 19.2 Å². The van der Waals surface area contributed by atoms with Crippen LogP contribution < -0.4 is 16.0 Å². The second-order valence-corrected chi connectivity index (χ2v) is 5.98. The molecular formula is C20H25F2IN4O. The molecule has 28 heavy (non-hydrogen) atoms. The van der Waals surface area contributed by atoms with E-state index in [0.29, 0.717) is 25.6 Å². The van der Waals surface area contributed by atoms with Gasteiger partial charge in [0.15, 0.2) is 5.96 Å². The summed E-state index contributed by atoms with van der Waals surface area (Å²) in [5.41, 5.74) is 2.00. The molecule has 1 amide bonds. The van der Waals surface area contributed by atoms with E-state index >= 15 is 0 Å². The van der Waals surface area contributed by atoms with E-state index < -0.39 is 11.7 Å². The number of nitrogens with one attached hydrogen (secondary N) is 3. The number of guanidine groups is 1. The topological polar surface area (TPSA) is 65.5 Å². The van der Waals surface area contributed by atoms with E-state index in [0.717, 1.165) is 17.5 Å². The smallest absolute Gasteiger partial charge is 0.254 e. The molecule has 0 unspecified atom stereocenters. The van der Waals surface area contributed by atoms with Gasteiger partial charge in [-0.2, -0.15) is 0 Å². The van der Waals surface area contributed by atoms with Crippen LogP contribution >= 0.6 is 24.0 Å². The van der Waals surface area contributed by atoms with Gasteiger partial charge in [0.1, 0.15) is 11.6 Å². The summed E-state index contributed by atoms with van der Waals surface area (Å²) in [5.74, 6) is -0.643. The number of aryl methyl sites for hydroxylation is 1. The molecule has 0 saturated heterocycles. The largest absolute Gasteiger partial charge is 0.356 e. The summed E-state index contributed by atoms with van der Waals surface area (Å²) in [4.78, 5) is 16.0. The highest BCUT2D eigenvalue weighted by Crippen LogP contribution is 2.10. The highest BCUT2D eigenvalue weighted by atomic mass is 127. The maximum Gasteiger partial charge on any atom is 0.254 e. The first-order valence-electron chi connectivity index (χ1n) is 8.73. The third kappa shape index (κ3) is 7.41. The third-order valence-electron chi connectivity index (χ3n) is 4.04. The van der Waals surface area contributed by atoms with Crippen LogP contribution in [0.15, 0.2) is 47.5 Å². The lowest BCUT2D eigenvalue weighted by Gasteiger charge is -2.13. The van der Waals surface area contributed by atoms with Gasteiger partial charge in [0.2, 0.25) is 0 Å². The third-order valence-corrected chi connectivity index (χ3v) is 4.04. The molecule has 0 aromatic heterocycles. The Hall–Kier alpha value is -2.23. The summed E-state index contributed by atoms with van der Waals surface area (Å²) in [6.07, 6.45) is 0.733. The Labute approximate surface area is 181 Å². The van der Waals surface area contributed by atoms with Crippen molar-refractivity contribution in [3.63, 3.8) is 0 Å². The molecule has 0 radical (unpaired) electrons. The minimum Gasteiger partial charge on any atom is -0.356 e. The number of benzene rings is 2. The van der Waals surface area contributed by atoms with Crippen LogP contribution in [0.25, 0.3) is 0 Å². The monoisotopic (exact) mass is 502 g/mol. The van der Waals surface area contributed by atoms with Crippen LogP contribution in [-0.4, -0.2) is 38.5 Å². The predicted molar refractivity (Wildman–Crippen MR) is 118 cm³/mol. The maximum atomic E-state index is 13.5. The number of rotatable bonds is 7. The van der Waals surface area contributed by atoms with Gasteiger partial charge in [0, 0.05) is 26.7 Å². The van der Waals surface area contributed by atoms with Crippen molar-refractivity contribution >= 4 is 35.8 Å². The van der Waals surface area contributed by atoms with Crippen LogP contribution in [-0.2, 0) is 6.42 Å². The van der Waals surface area contributed by atoms with Crippen molar-refractivity contribution in [1.29, 1.82) is 0 Å². The molecule has 2 aromatic carbocycles. The van der Waals surface area contributed by atoms with E-state index in [1.807, 2.05) is 6.92 Å². The highest BCUT2D eigenvalue weighted by Gasteiger charge is 2.09. The standard InChI is InChI=1S/C20H24F2N4O.HI/c1-14-13-16(21)8-7-15(14)9-10-25-20(23-2)26-12-11-24-19(27)17-5-3-4-6-18(17)22;/h3-8,13H,9-12H2,1-2H3,(H,24,27)(H2,23,25,26);1H. The summed E-state index contributed by atoms with van der Waals surface area (Å²) in [5, 5.41) is 8.89. The summed E-state index contributed by atoms with van der Waals surface area (Å²) in [6, 6.07) is 10.6. The fourth-order valence-corrected chi connectivity index (χ4v) is 2.57. The van der Waals surface area contributed by atoms with Gasteiger partial charge < -0.3 is 16.0 Å². The van der Waals surface area contributed by atoms with Crippen LogP contribution in [0.1, 0.15) is 21.5 Å². The summed E-state index contributed by atoms with van der Waals surface area (Å²) in [6.45, 7) is 3.28. The number of amides is 1.